The molecule has 8 heteroatoms. The summed E-state index contributed by atoms with van der Waals surface area (Å²) in [6.07, 6.45) is -0.298. The number of nitrogens with one attached hydrogen (secondary N) is 1. The summed E-state index contributed by atoms with van der Waals surface area (Å²) in [6, 6.07) is -0.993. The SMILES string of the molecule is CCO[C@H](C)c1noc(CN2C(=O)N[C@@H](C(C)(C)C)C2=O)n1. The number of rotatable bonds is 5. The van der Waals surface area contributed by atoms with E-state index in [-0.39, 0.29) is 29.9 Å². The van der Waals surface area contributed by atoms with Gasteiger partial charge in [-0.25, -0.2) is 4.79 Å². The van der Waals surface area contributed by atoms with Crippen LogP contribution in [0.2, 0.25) is 0 Å². The molecule has 2 heterocycles. The third-order valence-corrected chi connectivity index (χ3v) is 3.45. The highest BCUT2D eigenvalue weighted by Gasteiger charge is 2.44. The smallest absolute Gasteiger partial charge is 0.325 e. The lowest BCUT2D eigenvalue weighted by Gasteiger charge is -2.24. The Morgan fingerprint density at radius 2 is 2.09 bits per heavy atom. The summed E-state index contributed by atoms with van der Waals surface area (Å²) in [4.78, 5) is 29.6. The minimum Gasteiger partial charge on any atom is -0.371 e. The zero-order chi connectivity index (χ0) is 16.5. The van der Waals surface area contributed by atoms with Gasteiger partial charge in [0.2, 0.25) is 5.89 Å². The van der Waals surface area contributed by atoms with Crippen molar-refractivity contribution in [2.45, 2.75) is 53.3 Å². The van der Waals surface area contributed by atoms with Gasteiger partial charge in [-0.3, -0.25) is 9.69 Å². The molecule has 0 unspecified atom stereocenters. The molecule has 0 aliphatic carbocycles. The minimum absolute atomic E-state index is 0.0386. The molecule has 22 heavy (non-hydrogen) atoms. The van der Waals surface area contributed by atoms with E-state index in [1.807, 2.05) is 34.6 Å². The Morgan fingerprint density at radius 3 is 2.64 bits per heavy atom. The fraction of sp³-hybridized carbons (Fsp3) is 0.714. The van der Waals surface area contributed by atoms with E-state index in [0.29, 0.717) is 12.4 Å². The molecule has 0 radical (unpaired) electrons. The molecule has 0 spiro atoms. The molecule has 1 aliphatic rings. The fourth-order valence-electron chi connectivity index (χ4n) is 2.21. The molecule has 0 aromatic carbocycles. The van der Waals surface area contributed by atoms with Crippen molar-refractivity contribution in [2.24, 2.45) is 5.41 Å². The van der Waals surface area contributed by atoms with Crippen LogP contribution in [0.1, 0.15) is 52.4 Å². The maximum atomic E-state index is 12.3. The highest BCUT2D eigenvalue weighted by atomic mass is 16.5. The molecular formula is C14H22N4O4. The van der Waals surface area contributed by atoms with Gasteiger partial charge < -0.3 is 14.6 Å². The molecule has 3 amide bonds. The first-order chi connectivity index (χ1) is 10.2. The number of aromatic nitrogens is 2. The highest BCUT2D eigenvalue weighted by Crippen LogP contribution is 2.26. The van der Waals surface area contributed by atoms with E-state index < -0.39 is 12.1 Å². The molecule has 2 rings (SSSR count). The lowest BCUT2D eigenvalue weighted by atomic mass is 9.87. The van der Waals surface area contributed by atoms with Crippen molar-refractivity contribution < 1.29 is 18.8 Å². The first-order valence-electron chi connectivity index (χ1n) is 7.30. The fourth-order valence-corrected chi connectivity index (χ4v) is 2.21. The van der Waals surface area contributed by atoms with E-state index >= 15 is 0 Å². The Labute approximate surface area is 129 Å². The molecule has 1 saturated heterocycles. The van der Waals surface area contributed by atoms with Crippen molar-refractivity contribution in [3.8, 4) is 0 Å². The summed E-state index contributed by atoms with van der Waals surface area (Å²) < 4.78 is 10.5. The Morgan fingerprint density at radius 1 is 1.41 bits per heavy atom. The van der Waals surface area contributed by atoms with Crippen LogP contribution in [0.15, 0.2) is 4.52 Å². The van der Waals surface area contributed by atoms with Crippen LogP contribution >= 0.6 is 0 Å². The van der Waals surface area contributed by atoms with Crippen molar-refractivity contribution >= 4 is 11.9 Å². The largest absolute Gasteiger partial charge is 0.371 e. The van der Waals surface area contributed by atoms with Crippen molar-refractivity contribution in [2.75, 3.05) is 6.61 Å². The maximum Gasteiger partial charge on any atom is 0.325 e. The number of imide groups is 1. The second kappa shape index (κ2) is 6.04. The van der Waals surface area contributed by atoms with Crippen LogP contribution in [0.25, 0.3) is 0 Å². The number of ether oxygens (including phenoxy) is 1. The van der Waals surface area contributed by atoms with Crippen molar-refractivity contribution in [1.29, 1.82) is 0 Å². The summed E-state index contributed by atoms with van der Waals surface area (Å²) >= 11 is 0. The number of hydrogen-bond donors (Lipinski definition) is 1. The van der Waals surface area contributed by atoms with Gasteiger partial charge in [-0.1, -0.05) is 25.9 Å². The topological polar surface area (TPSA) is 97.6 Å². The van der Waals surface area contributed by atoms with Crippen LogP contribution in [-0.4, -0.2) is 39.6 Å². The summed E-state index contributed by atoms with van der Waals surface area (Å²) in [5.74, 6) is 0.325. The number of carbonyl (C=O) groups excluding carboxylic acids is 2. The number of carbonyl (C=O) groups is 2. The first-order valence-corrected chi connectivity index (χ1v) is 7.30. The Hall–Kier alpha value is -1.96. The molecule has 122 valence electrons. The Bertz CT molecular complexity index is 563. The number of amides is 3. The van der Waals surface area contributed by atoms with Gasteiger partial charge in [0, 0.05) is 6.61 Å². The minimum atomic E-state index is -0.551. The van der Waals surface area contributed by atoms with E-state index in [1.165, 1.54) is 0 Å². The molecule has 1 aromatic rings. The van der Waals surface area contributed by atoms with Gasteiger partial charge in [0.15, 0.2) is 5.82 Å². The summed E-state index contributed by atoms with van der Waals surface area (Å²) in [7, 11) is 0. The molecule has 0 saturated carbocycles. The van der Waals surface area contributed by atoms with Crippen LogP contribution < -0.4 is 5.32 Å². The van der Waals surface area contributed by atoms with Crippen LogP contribution in [0.5, 0.6) is 0 Å². The lowest BCUT2D eigenvalue weighted by Crippen LogP contribution is -2.41. The number of nitrogens with zero attached hydrogens (tertiary/aromatic N) is 3. The average Bonchev–Trinajstić information content (AvgIpc) is 2.98. The van der Waals surface area contributed by atoms with Crippen LogP contribution in [-0.2, 0) is 16.1 Å². The lowest BCUT2D eigenvalue weighted by molar-refractivity contribution is -0.130. The normalized spacial score (nSPS) is 20.4. The van der Waals surface area contributed by atoms with Crippen molar-refractivity contribution in [3.05, 3.63) is 11.7 Å². The van der Waals surface area contributed by atoms with Gasteiger partial charge in [0.25, 0.3) is 5.91 Å². The van der Waals surface area contributed by atoms with Crippen LogP contribution in [0.4, 0.5) is 4.79 Å². The molecule has 8 nitrogen and oxygen atoms in total. The third-order valence-electron chi connectivity index (χ3n) is 3.45. The van der Waals surface area contributed by atoms with E-state index in [4.69, 9.17) is 9.26 Å². The molecule has 1 aromatic heterocycles. The molecule has 1 fully saturated rings. The van der Waals surface area contributed by atoms with Crippen molar-refractivity contribution in [3.63, 3.8) is 0 Å². The summed E-state index contributed by atoms with van der Waals surface area (Å²) in [6.45, 7) is 9.86. The monoisotopic (exact) mass is 310 g/mol. The first kappa shape index (κ1) is 16.4. The Balaban J connectivity index is 2.08. The van der Waals surface area contributed by atoms with E-state index in [9.17, 15) is 9.59 Å². The Kier molecular flexibility index (Phi) is 4.50. The summed E-state index contributed by atoms with van der Waals surface area (Å²) in [5, 5.41) is 6.50. The van der Waals surface area contributed by atoms with E-state index in [1.54, 1.807) is 0 Å². The van der Waals surface area contributed by atoms with Gasteiger partial charge in [0.05, 0.1) is 0 Å². The zero-order valence-electron chi connectivity index (χ0n) is 13.5. The predicted octanol–water partition coefficient (Wildman–Crippen LogP) is 1.63. The molecule has 2 atom stereocenters. The van der Waals surface area contributed by atoms with Crippen LogP contribution in [0.3, 0.4) is 0 Å². The second-order valence-electron chi connectivity index (χ2n) is 6.32. The molecule has 1 N–H and O–H groups in total. The van der Waals surface area contributed by atoms with Gasteiger partial charge in [0.1, 0.15) is 18.7 Å². The molecular weight excluding hydrogens is 288 g/mol. The van der Waals surface area contributed by atoms with Crippen LogP contribution in [0, 0.1) is 5.41 Å². The zero-order valence-corrected chi connectivity index (χ0v) is 13.5. The summed E-state index contributed by atoms with van der Waals surface area (Å²) in [5.41, 5.74) is -0.356. The van der Waals surface area contributed by atoms with E-state index in [0.717, 1.165) is 4.90 Å². The van der Waals surface area contributed by atoms with Crippen molar-refractivity contribution in [1.82, 2.24) is 20.4 Å². The second-order valence-corrected chi connectivity index (χ2v) is 6.32. The average molecular weight is 310 g/mol. The molecule has 1 aliphatic heterocycles. The predicted molar refractivity (Wildman–Crippen MR) is 76.7 cm³/mol. The van der Waals surface area contributed by atoms with Gasteiger partial charge >= 0.3 is 6.03 Å². The van der Waals surface area contributed by atoms with Gasteiger partial charge in [-0.15, -0.1) is 0 Å². The van der Waals surface area contributed by atoms with Gasteiger partial charge in [-0.05, 0) is 19.3 Å². The quantitative estimate of drug-likeness (QED) is 0.830. The number of hydrogen-bond acceptors (Lipinski definition) is 6. The van der Waals surface area contributed by atoms with Gasteiger partial charge in [-0.2, -0.15) is 4.98 Å². The standard InChI is InChI=1S/C14H22N4O4/c1-6-21-8(2)11-15-9(22-17-11)7-18-12(19)10(14(3,4)5)16-13(18)20/h8,10H,6-7H2,1-5H3,(H,16,20)/t8-,10-/m1/s1. The maximum absolute atomic E-state index is 12.3. The third kappa shape index (κ3) is 3.27. The number of urea groups is 1. The van der Waals surface area contributed by atoms with E-state index in [2.05, 4.69) is 15.5 Å². The molecule has 0 bridgehead atoms. The highest BCUT2D eigenvalue weighted by molar-refractivity contribution is 6.04.